The first-order chi connectivity index (χ1) is 9.54. The third-order valence-electron chi connectivity index (χ3n) is 2.86. The predicted octanol–water partition coefficient (Wildman–Crippen LogP) is 3.25. The SMILES string of the molecule is O=C(c1ccc2[nH]c(=O)oc2c1)c1cc(Br)ccc1F. The van der Waals surface area contributed by atoms with E-state index < -0.39 is 17.4 Å². The highest BCUT2D eigenvalue weighted by molar-refractivity contribution is 9.10. The second kappa shape index (κ2) is 4.72. The van der Waals surface area contributed by atoms with E-state index in [0.717, 1.165) is 0 Å². The summed E-state index contributed by atoms with van der Waals surface area (Å²) >= 11 is 3.20. The van der Waals surface area contributed by atoms with Gasteiger partial charge < -0.3 is 4.42 Å². The largest absolute Gasteiger partial charge is 0.417 e. The quantitative estimate of drug-likeness (QED) is 0.731. The Balaban J connectivity index is 2.12. The van der Waals surface area contributed by atoms with Crippen molar-refractivity contribution in [3.63, 3.8) is 0 Å². The van der Waals surface area contributed by atoms with Crippen molar-refractivity contribution in [2.45, 2.75) is 0 Å². The zero-order chi connectivity index (χ0) is 14.3. The normalized spacial score (nSPS) is 10.9. The second-order valence-corrected chi connectivity index (χ2v) is 5.09. The highest BCUT2D eigenvalue weighted by atomic mass is 79.9. The Labute approximate surface area is 120 Å². The number of carbonyl (C=O) groups is 1. The Hall–Kier alpha value is -2.21. The highest BCUT2D eigenvalue weighted by Gasteiger charge is 2.15. The van der Waals surface area contributed by atoms with Crippen molar-refractivity contribution in [1.82, 2.24) is 4.98 Å². The van der Waals surface area contributed by atoms with Gasteiger partial charge in [0.2, 0.25) is 0 Å². The van der Waals surface area contributed by atoms with Crippen LogP contribution in [-0.4, -0.2) is 10.8 Å². The first-order valence-corrected chi connectivity index (χ1v) is 6.46. The summed E-state index contributed by atoms with van der Waals surface area (Å²) in [7, 11) is 0. The van der Waals surface area contributed by atoms with Crippen LogP contribution in [0.25, 0.3) is 11.1 Å². The van der Waals surface area contributed by atoms with Crippen molar-refractivity contribution >= 4 is 32.8 Å². The number of fused-ring (bicyclic) bond motifs is 1. The van der Waals surface area contributed by atoms with Crippen molar-refractivity contribution in [3.05, 3.63) is 68.4 Å². The summed E-state index contributed by atoms with van der Waals surface area (Å²) < 4.78 is 19.2. The van der Waals surface area contributed by atoms with E-state index in [1.807, 2.05) is 0 Å². The van der Waals surface area contributed by atoms with E-state index >= 15 is 0 Å². The molecule has 2 aromatic carbocycles. The van der Waals surface area contributed by atoms with Gasteiger partial charge in [0.1, 0.15) is 5.82 Å². The first kappa shape index (κ1) is 12.8. The number of benzene rings is 2. The molecule has 0 amide bonds. The number of aromatic nitrogens is 1. The van der Waals surface area contributed by atoms with Crippen LogP contribution in [0.4, 0.5) is 4.39 Å². The van der Waals surface area contributed by atoms with E-state index in [-0.39, 0.29) is 16.7 Å². The summed E-state index contributed by atoms with van der Waals surface area (Å²) in [5.41, 5.74) is 0.950. The maximum Gasteiger partial charge on any atom is 0.417 e. The van der Waals surface area contributed by atoms with Gasteiger partial charge in [-0.05, 0) is 36.4 Å². The van der Waals surface area contributed by atoms with E-state index in [1.54, 1.807) is 6.07 Å². The van der Waals surface area contributed by atoms with Gasteiger partial charge in [0, 0.05) is 10.0 Å². The zero-order valence-corrected chi connectivity index (χ0v) is 11.5. The summed E-state index contributed by atoms with van der Waals surface area (Å²) in [5, 5.41) is 0. The number of hydrogen-bond donors (Lipinski definition) is 1. The molecule has 0 aliphatic carbocycles. The number of nitrogens with one attached hydrogen (secondary N) is 1. The second-order valence-electron chi connectivity index (χ2n) is 4.18. The Kier molecular flexibility index (Phi) is 3.02. The first-order valence-electron chi connectivity index (χ1n) is 5.67. The summed E-state index contributed by atoms with van der Waals surface area (Å²) in [5.74, 6) is -1.68. The van der Waals surface area contributed by atoms with Crippen LogP contribution in [0, 0.1) is 5.82 Å². The molecule has 0 atom stereocenters. The maximum atomic E-state index is 13.7. The molecule has 0 spiro atoms. The molecule has 0 radical (unpaired) electrons. The van der Waals surface area contributed by atoms with Crippen LogP contribution in [-0.2, 0) is 0 Å². The third-order valence-corrected chi connectivity index (χ3v) is 3.35. The van der Waals surface area contributed by atoms with Gasteiger partial charge in [-0.15, -0.1) is 0 Å². The molecule has 20 heavy (non-hydrogen) atoms. The number of ketones is 1. The Bertz CT molecular complexity index is 882. The fourth-order valence-electron chi connectivity index (χ4n) is 1.91. The minimum Gasteiger partial charge on any atom is -0.408 e. The lowest BCUT2D eigenvalue weighted by Crippen LogP contribution is -2.04. The molecular formula is C14H7BrFNO3. The Morgan fingerprint density at radius 2 is 2.00 bits per heavy atom. The van der Waals surface area contributed by atoms with Crippen LogP contribution in [0.15, 0.2) is 50.1 Å². The zero-order valence-electron chi connectivity index (χ0n) is 9.94. The number of carbonyl (C=O) groups excluding carboxylic acids is 1. The minimum atomic E-state index is -0.603. The molecule has 4 nitrogen and oxygen atoms in total. The van der Waals surface area contributed by atoms with Crippen molar-refractivity contribution in [1.29, 1.82) is 0 Å². The summed E-state index contributed by atoms with van der Waals surface area (Å²) in [4.78, 5) is 25.8. The van der Waals surface area contributed by atoms with E-state index in [9.17, 15) is 14.0 Å². The summed E-state index contributed by atoms with van der Waals surface area (Å²) in [6, 6.07) is 8.61. The van der Waals surface area contributed by atoms with Gasteiger partial charge in [0.05, 0.1) is 11.1 Å². The average molecular weight is 336 g/mol. The van der Waals surface area contributed by atoms with Gasteiger partial charge in [-0.1, -0.05) is 15.9 Å². The molecule has 0 saturated heterocycles. The maximum absolute atomic E-state index is 13.7. The molecular weight excluding hydrogens is 329 g/mol. The van der Waals surface area contributed by atoms with Crippen molar-refractivity contribution in [3.8, 4) is 0 Å². The summed E-state index contributed by atoms with van der Waals surface area (Å²) in [6.45, 7) is 0. The number of H-pyrrole nitrogens is 1. The summed E-state index contributed by atoms with van der Waals surface area (Å²) in [6.07, 6.45) is 0. The standard InChI is InChI=1S/C14H7BrFNO3/c15-8-2-3-10(16)9(6-8)13(18)7-1-4-11-12(5-7)20-14(19)17-11/h1-6H,(H,17,19). The molecule has 1 N–H and O–H groups in total. The molecule has 0 aliphatic rings. The molecule has 0 saturated carbocycles. The molecule has 0 bridgehead atoms. The van der Waals surface area contributed by atoms with E-state index in [0.29, 0.717) is 9.99 Å². The van der Waals surface area contributed by atoms with Gasteiger partial charge in [-0.3, -0.25) is 9.78 Å². The van der Waals surface area contributed by atoms with Crippen LogP contribution in [0.1, 0.15) is 15.9 Å². The third kappa shape index (κ3) is 2.18. The van der Waals surface area contributed by atoms with Crippen LogP contribution in [0.2, 0.25) is 0 Å². The van der Waals surface area contributed by atoms with E-state index in [2.05, 4.69) is 20.9 Å². The number of aromatic amines is 1. The number of oxazole rings is 1. The smallest absolute Gasteiger partial charge is 0.408 e. The fraction of sp³-hybridized carbons (Fsp3) is 0. The van der Waals surface area contributed by atoms with Gasteiger partial charge in [-0.25, -0.2) is 9.18 Å². The molecule has 100 valence electrons. The van der Waals surface area contributed by atoms with Gasteiger partial charge >= 0.3 is 5.76 Å². The van der Waals surface area contributed by atoms with Crippen molar-refractivity contribution < 1.29 is 13.6 Å². The Morgan fingerprint density at radius 1 is 1.20 bits per heavy atom. The van der Waals surface area contributed by atoms with E-state index in [4.69, 9.17) is 4.42 Å². The lowest BCUT2D eigenvalue weighted by Gasteiger charge is -2.03. The van der Waals surface area contributed by atoms with Crippen molar-refractivity contribution in [2.24, 2.45) is 0 Å². The number of halogens is 2. The minimum absolute atomic E-state index is 0.0448. The lowest BCUT2D eigenvalue weighted by atomic mass is 10.0. The van der Waals surface area contributed by atoms with Gasteiger partial charge in [-0.2, -0.15) is 0 Å². The monoisotopic (exact) mass is 335 g/mol. The molecule has 1 aromatic heterocycles. The van der Waals surface area contributed by atoms with Crippen LogP contribution in [0.5, 0.6) is 0 Å². The van der Waals surface area contributed by atoms with E-state index in [1.165, 1.54) is 30.3 Å². The topological polar surface area (TPSA) is 63.1 Å². The van der Waals surface area contributed by atoms with Crippen LogP contribution in [0.3, 0.4) is 0 Å². The van der Waals surface area contributed by atoms with Gasteiger partial charge in [0.25, 0.3) is 0 Å². The van der Waals surface area contributed by atoms with Crippen LogP contribution < -0.4 is 5.76 Å². The molecule has 0 aliphatic heterocycles. The molecule has 0 fully saturated rings. The predicted molar refractivity (Wildman–Crippen MR) is 74.4 cm³/mol. The average Bonchev–Trinajstić information content (AvgIpc) is 2.79. The molecule has 3 aromatic rings. The fourth-order valence-corrected chi connectivity index (χ4v) is 2.27. The lowest BCUT2D eigenvalue weighted by molar-refractivity contribution is 0.103. The Morgan fingerprint density at radius 3 is 2.80 bits per heavy atom. The van der Waals surface area contributed by atoms with Crippen molar-refractivity contribution in [2.75, 3.05) is 0 Å². The molecule has 3 rings (SSSR count). The number of rotatable bonds is 2. The van der Waals surface area contributed by atoms with Gasteiger partial charge in [0.15, 0.2) is 11.4 Å². The molecule has 0 unspecified atom stereocenters. The van der Waals surface area contributed by atoms with Crippen LogP contribution >= 0.6 is 15.9 Å². The number of hydrogen-bond acceptors (Lipinski definition) is 3. The molecule has 1 heterocycles. The highest BCUT2D eigenvalue weighted by Crippen LogP contribution is 2.20. The molecule has 6 heteroatoms.